The van der Waals surface area contributed by atoms with Gasteiger partial charge in [0.15, 0.2) is 0 Å². The molecule has 0 bridgehead atoms. The molecule has 3 heteroatoms. The van der Waals surface area contributed by atoms with Crippen molar-refractivity contribution in [3.05, 3.63) is 47.4 Å². The van der Waals surface area contributed by atoms with E-state index in [2.05, 4.69) is 17.2 Å². The summed E-state index contributed by atoms with van der Waals surface area (Å²) < 4.78 is 13.8. The maximum Gasteiger partial charge on any atom is 0.132 e. The van der Waals surface area contributed by atoms with E-state index in [9.17, 15) is 4.39 Å². The third-order valence-corrected chi connectivity index (χ3v) is 2.94. The molecular weight excluding hydrogens is 215 g/mol. The van der Waals surface area contributed by atoms with Crippen LogP contribution in [0.2, 0.25) is 0 Å². The van der Waals surface area contributed by atoms with Gasteiger partial charge in [0.1, 0.15) is 5.82 Å². The highest BCUT2D eigenvalue weighted by atomic mass is 19.1. The largest absolute Gasteiger partial charge is 0.361 e. The molecule has 1 aromatic heterocycles. The van der Waals surface area contributed by atoms with Gasteiger partial charge in [0.25, 0.3) is 0 Å². The Bertz CT molecular complexity index is 503. The van der Waals surface area contributed by atoms with E-state index in [0.717, 1.165) is 18.7 Å². The lowest BCUT2D eigenvalue weighted by molar-refractivity contribution is 0.630. The molecule has 0 fully saturated rings. The molecule has 0 saturated carbocycles. The van der Waals surface area contributed by atoms with Gasteiger partial charge in [-0.2, -0.15) is 0 Å². The van der Waals surface area contributed by atoms with Crippen LogP contribution < -0.4 is 5.32 Å². The maximum atomic E-state index is 13.8. The smallest absolute Gasteiger partial charge is 0.132 e. The van der Waals surface area contributed by atoms with Crippen LogP contribution in [0.15, 0.2) is 30.5 Å². The first-order valence-corrected chi connectivity index (χ1v) is 5.86. The SMILES string of the molecule is CCc1c(CNC)c[nH]c1-c1ccccc1F. The highest BCUT2D eigenvalue weighted by Gasteiger charge is 2.13. The molecule has 0 aliphatic carbocycles. The molecule has 2 aromatic rings. The lowest BCUT2D eigenvalue weighted by Crippen LogP contribution is -2.06. The minimum absolute atomic E-state index is 0.181. The van der Waals surface area contributed by atoms with Crippen molar-refractivity contribution in [2.24, 2.45) is 0 Å². The second kappa shape index (κ2) is 5.15. The van der Waals surface area contributed by atoms with Crippen molar-refractivity contribution in [2.75, 3.05) is 7.05 Å². The van der Waals surface area contributed by atoms with E-state index in [1.807, 2.05) is 25.4 Å². The summed E-state index contributed by atoms with van der Waals surface area (Å²) in [5.41, 5.74) is 3.93. The molecule has 0 radical (unpaired) electrons. The predicted octanol–water partition coefficient (Wildman–Crippen LogP) is 3.10. The van der Waals surface area contributed by atoms with Gasteiger partial charge in [-0.05, 0) is 36.7 Å². The Morgan fingerprint density at radius 1 is 1.29 bits per heavy atom. The van der Waals surface area contributed by atoms with Crippen molar-refractivity contribution in [2.45, 2.75) is 19.9 Å². The summed E-state index contributed by atoms with van der Waals surface area (Å²) in [6.45, 7) is 2.89. The van der Waals surface area contributed by atoms with Crippen LogP contribution in [-0.2, 0) is 13.0 Å². The molecule has 0 unspecified atom stereocenters. The van der Waals surface area contributed by atoms with Crippen molar-refractivity contribution < 1.29 is 4.39 Å². The molecule has 0 aliphatic heterocycles. The molecule has 1 heterocycles. The predicted molar refractivity (Wildman–Crippen MR) is 68.3 cm³/mol. The van der Waals surface area contributed by atoms with Gasteiger partial charge in [-0.3, -0.25) is 0 Å². The average molecular weight is 232 g/mol. The van der Waals surface area contributed by atoms with Gasteiger partial charge in [0.05, 0.1) is 5.69 Å². The molecule has 0 saturated heterocycles. The number of H-pyrrole nitrogens is 1. The van der Waals surface area contributed by atoms with Gasteiger partial charge in [0, 0.05) is 18.3 Å². The monoisotopic (exact) mass is 232 g/mol. The quantitative estimate of drug-likeness (QED) is 0.833. The Kier molecular flexibility index (Phi) is 3.59. The minimum Gasteiger partial charge on any atom is -0.361 e. The van der Waals surface area contributed by atoms with Crippen molar-refractivity contribution >= 4 is 0 Å². The number of nitrogens with one attached hydrogen (secondary N) is 2. The van der Waals surface area contributed by atoms with Crippen LogP contribution in [0.3, 0.4) is 0 Å². The number of hydrogen-bond acceptors (Lipinski definition) is 1. The van der Waals surface area contributed by atoms with Crippen molar-refractivity contribution in [3.8, 4) is 11.3 Å². The molecule has 0 aliphatic rings. The number of hydrogen-bond donors (Lipinski definition) is 2. The Balaban J connectivity index is 2.49. The average Bonchev–Trinajstić information content (AvgIpc) is 2.73. The summed E-state index contributed by atoms with van der Waals surface area (Å²) in [6, 6.07) is 6.87. The van der Waals surface area contributed by atoms with E-state index in [1.165, 1.54) is 17.2 Å². The minimum atomic E-state index is -0.181. The van der Waals surface area contributed by atoms with Gasteiger partial charge in [-0.25, -0.2) is 4.39 Å². The number of halogens is 1. The number of aromatic nitrogens is 1. The first-order valence-electron chi connectivity index (χ1n) is 5.86. The standard InChI is InChI=1S/C14H17FN2/c1-3-11-10(8-16-2)9-17-14(11)12-6-4-5-7-13(12)15/h4-7,9,16-17H,3,8H2,1-2H3. The van der Waals surface area contributed by atoms with Gasteiger partial charge in [-0.1, -0.05) is 19.1 Å². The Hall–Kier alpha value is -1.61. The Labute approximate surface area is 101 Å². The fourth-order valence-corrected chi connectivity index (χ4v) is 2.15. The van der Waals surface area contributed by atoms with Crippen LogP contribution in [0.1, 0.15) is 18.1 Å². The lowest BCUT2D eigenvalue weighted by Gasteiger charge is -2.06. The zero-order chi connectivity index (χ0) is 12.3. The molecule has 90 valence electrons. The van der Waals surface area contributed by atoms with Crippen molar-refractivity contribution in [1.29, 1.82) is 0 Å². The normalized spacial score (nSPS) is 10.8. The Morgan fingerprint density at radius 2 is 2.06 bits per heavy atom. The fourth-order valence-electron chi connectivity index (χ4n) is 2.15. The van der Waals surface area contributed by atoms with E-state index in [0.29, 0.717) is 5.56 Å². The number of benzene rings is 1. The number of rotatable bonds is 4. The third kappa shape index (κ3) is 2.24. The first kappa shape index (κ1) is 11.9. The number of aromatic amines is 1. The van der Waals surface area contributed by atoms with Gasteiger partial charge in [-0.15, -0.1) is 0 Å². The third-order valence-electron chi connectivity index (χ3n) is 2.94. The highest BCUT2D eigenvalue weighted by molar-refractivity contribution is 5.66. The van der Waals surface area contributed by atoms with Crippen LogP contribution in [-0.4, -0.2) is 12.0 Å². The lowest BCUT2D eigenvalue weighted by atomic mass is 10.0. The maximum absolute atomic E-state index is 13.8. The summed E-state index contributed by atoms with van der Waals surface area (Å²) in [7, 11) is 1.91. The van der Waals surface area contributed by atoms with Gasteiger partial charge in [0.2, 0.25) is 0 Å². The van der Waals surface area contributed by atoms with E-state index >= 15 is 0 Å². The zero-order valence-corrected chi connectivity index (χ0v) is 10.2. The van der Waals surface area contributed by atoms with Crippen LogP contribution in [0.25, 0.3) is 11.3 Å². The second-order valence-corrected chi connectivity index (χ2v) is 4.03. The molecule has 2 N–H and O–H groups in total. The van der Waals surface area contributed by atoms with Gasteiger partial charge < -0.3 is 10.3 Å². The Morgan fingerprint density at radius 3 is 2.71 bits per heavy atom. The molecule has 1 aromatic carbocycles. The molecule has 2 nitrogen and oxygen atoms in total. The van der Waals surface area contributed by atoms with Crippen molar-refractivity contribution in [3.63, 3.8) is 0 Å². The first-order chi connectivity index (χ1) is 8.27. The van der Waals surface area contributed by atoms with E-state index in [-0.39, 0.29) is 5.82 Å². The van der Waals surface area contributed by atoms with Crippen LogP contribution in [0.4, 0.5) is 4.39 Å². The van der Waals surface area contributed by atoms with Gasteiger partial charge >= 0.3 is 0 Å². The van der Waals surface area contributed by atoms with Crippen molar-refractivity contribution in [1.82, 2.24) is 10.3 Å². The second-order valence-electron chi connectivity index (χ2n) is 4.03. The summed E-state index contributed by atoms with van der Waals surface area (Å²) in [6.07, 6.45) is 2.85. The molecule has 0 atom stereocenters. The zero-order valence-electron chi connectivity index (χ0n) is 10.2. The molecule has 0 spiro atoms. The summed E-state index contributed by atoms with van der Waals surface area (Å²) >= 11 is 0. The van der Waals surface area contributed by atoms with Crippen LogP contribution in [0.5, 0.6) is 0 Å². The molecule has 0 amide bonds. The summed E-state index contributed by atoms with van der Waals surface area (Å²) in [5, 5.41) is 3.12. The molecule has 2 rings (SSSR count). The topological polar surface area (TPSA) is 27.8 Å². The molecular formula is C14H17FN2. The highest BCUT2D eigenvalue weighted by Crippen LogP contribution is 2.27. The van der Waals surface area contributed by atoms with E-state index < -0.39 is 0 Å². The molecule has 17 heavy (non-hydrogen) atoms. The van der Waals surface area contributed by atoms with Crippen LogP contribution in [0, 0.1) is 5.82 Å². The van der Waals surface area contributed by atoms with Crippen LogP contribution >= 0.6 is 0 Å². The van der Waals surface area contributed by atoms with E-state index in [4.69, 9.17) is 0 Å². The fraction of sp³-hybridized carbons (Fsp3) is 0.286. The summed E-state index contributed by atoms with van der Waals surface area (Å²) in [4.78, 5) is 3.19. The van der Waals surface area contributed by atoms with E-state index in [1.54, 1.807) is 6.07 Å². The summed E-state index contributed by atoms with van der Waals surface area (Å²) in [5.74, 6) is -0.181.